The van der Waals surface area contributed by atoms with Crippen molar-refractivity contribution in [1.82, 2.24) is 0 Å². The minimum atomic E-state index is -1.59. The van der Waals surface area contributed by atoms with E-state index in [1.807, 2.05) is 85.8 Å². The van der Waals surface area contributed by atoms with E-state index < -0.39 is 29.2 Å². The van der Waals surface area contributed by atoms with Crippen molar-refractivity contribution < 1.29 is 23.8 Å². The van der Waals surface area contributed by atoms with Gasteiger partial charge in [-0.15, -0.1) is 0 Å². The van der Waals surface area contributed by atoms with Crippen LogP contribution in [0.3, 0.4) is 0 Å². The molecule has 0 saturated carbocycles. The summed E-state index contributed by atoms with van der Waals surface area (Å²) in [5, 5.41) is 9.66. The number of fused-ring (bicyclic) bond motifs is 2. The number of anilines is 3. The number of hydrogen-bond donors (Lipinski definition) is 1. The zero-order valence-corrected chi connectivity index (χ0v) is 21.9. The number of aliphatic hydroxyl groups is 1. The number of hydrogen-bond acceptors (Lipinski definition) is 4. The summed E-state index contributed by atoms with van der Waals surface area (Å²) in [5.74, 6) is -1.21. The highest BCUT2D eigenvalue weighted by Gasteiger charge is 2.65. The highest BCUT2D eigenvalue weighted by molar-refractivity contribution is 6.07. The number of benzene rings is 3. The summed E-state index contributed by atoms with van der Waals surface area (Å²) in [5.41, 5.74) is 0.930. The molecule has 5 rings (SSSR count). The number of alkyl halides is 1. The Bertz CT molecular complexity index is 1310. The number of carbonyl (C=O) groups excluding carboxylic acids is 2. The minimum Gasteiger partial charge on any atom is -0.396 e. The summed E-state index contributed by atoms with van der Waals surface area (Å²) < 4.78 is 21.9. The van der Waals surface area contributed by atoms with Gasteiger partial charge in [-0.2, -0.15) is 0 Å². The fourth-order valence-electron chi connectivity index (χ4n) is 6.36. The van der Waals surface area contributed by atoms with Gasteiger partial charge in [0.25, 0.3) is 5.91 Å². The van der Waals surface area contributed by atoms with Crippen molar-refractivity contribution in [3.8, 4) is 0 Å². The summed E-state index contributed by atoms with van der Waals surface area (Å²) >= 11 is 0. The van der Waals surface area contributed by atoms with Crippen molar-refractivity contribution >= 4 is 29.4 Å². The second-order valence-electron chi connectivity index (χ2n) is 10.7. The molecule has 0 aromatic heterocycles. The number of halogens is 1. The molecule has 2 amide bonds. The average molecular weight is 517 g/mol. The van der Waals surface area contributed by atoms with Crippen LogP contribution in [0.25, 0.3) is 0 Å². The zero-order valence-electron chi connectivity index (χ0n) is 21.9. The molecule has 1 spiro atoms. The van der Waals surface area contributed by atoms with Crippen LogP contribution in [0.15, 0.2) is 78.9 Å². The molecular formula is C31H33FN2O4. The molecule has 1 N–H and O–H groups in total. The molecule has 2 aliphatic heterocycles. The number of ether oxygens (including phenoxy) is 1. The van der Waals surface area contributed by atoms with E-state index in [0.717, 1.165) is 28.9 Å². The molecule has 2 heterocycles. The Morgan fingerprint density at radius 1 is 1.03 bits per heavy atom. The van der Waals surface area contributed by atoms with Gasteiger partial charge in [-0.25, -0.2) is 4.39 Å². The molecule has 0 unspecified atom stereocenters. The third-order valence-corrected chi connectivity index (χ3v) is 7.98. The standard InChI is InChI=1S/C31H33FN2O4/c1-21-28(30(2,3)32)27(17-18-35)38-31(21)25-11-7-8-12-26(25)33(29(31)37)19-22-13-15-24(16-14-22)34(20-36)23-9-5-4-6-10-23/h4-16,20-21,27-28,35H,17-19H2,1-3H3/t21-,27+,28-,31+/m0/s1. The summed E-state index contributed by atoms with van der Waals surface area (Å²) in [4.78, 5) is 29.3. The number of para-hydroxylation sites is 2. The van der Waals surface area contributed by atoms with Gasteiger partial charge in [0.1, 0.15) is 5.67 Å². The molecule has 4 atom stereocenters. The van der Waals surface area contributed by atoms with E-state index in [0.29, 0.717) is 12.2 Å². The third kappa shape index (κ3) is 4.20. The quantitative estimate of drug-likeness (QED) is 0.401. The molecular weight excluding hydrogens is 483 g/mol. The van der Waals surface area contributed by atoms with E-state index in [9.17, 15) is 14.7 Å². The highest BCUT2D eigenvalue weighted by Crippen LogP contribution is 2.58. The minimum absolute atomic E-state index is 0.146. The average Bonchev–Trinajstić information content (AvgIpc) is 3.33. The molecule has 3 aromatic rings. The predicted octanol–water partition coefficient (Wildman–Crippen LogP) is 5.50. The fraction of sp³-hybridized carbons (Fsp3) is 0.355. The van der Waals surface area contributed by atoms with Crippen molar-refractivity contribution in [2.24, 2.45) is 11.8 Å². The summed E-state index contributed by atoms with van der Waals surface area (Å²) in [6.45, 7) is 5.07. The first-order valence-corrected chi connectivity index (χ1v) is 13.0. The van der Waals surface area contributed by atoms with Gasteiger partial charge in [0.05, 0.1) is 18.3 Å². The Kier molecular flexibility index (Phi) is 6.84. The normalized spacial score (nSPS) is 24.6. The first kappa shape index (κ1) is 26.1. The van der Waals surface area contributed by atoms with Gasteiger partial charge < -0.3 is 14.7 Å². The van der Waals surface area contributed by atoms with Crippen LogP contribution in [-0.2, 0) is 26.5 Å². The maximum atomic E-state index is 15.4. The molecule has 0 bridgehead atoms. The van der Waals surface area contributed by atoms with E-state index in [1.165, 1.54) is 13.8 Å². The Labute approximate surface area is 222 Å². The lowest BCUT2D eigenvalue weighted by molar-refractivity contribution is -0.146. The van der Waals surface area contributed by atoms with Crippen molar-refractivity contribution in [1.29, 1.82) is 0 Å². The van der Waals surface area contributed by atoms with Crippen molar-refractivity contribution in [3.05, 3.63) is 90.0 Å². The lowest BCUT2D eigenvalue weighted by atomic mass is 9.71. The zero-order chi connectivity index (χ0) is 27.1. The van der Waals surface area contributed by atoms with Crippen LogP contribution in [0.1, 0.15) is 38.3 Å². The Morgan fingerprint density at radius 3 is 2.29 bits per heavy atom. The second kappa shape index (κ2) is 9.97. The van der Waals surface area contributed by atoms with Crippen LogP contribution in [0.2, 0.25) is 0 Å². The number of carbonyl (C=O) groups is 2. The second-order valence-corrected chi connectivity index (χ2v) is 10.7. The van der Waals surface area contributed by atoms with Gasteiger partial charge in [-0.05, 0) is 56.2 Å². The maximum absolute atomic E-state index is 15.4. The molecule has 38 heavy (non-hydrogen) atoms. The lowest BCUT2D eigenvalue weighted by Gasteiger charge is -2.32. The van der Waals surface area contributed by atoms with Crippen LogP contribution in [0.4, 0.5) is 21.5 Å². The highest BCUT2D eigenvalue weighted by atomic mass is 19.1. The number of amides is 2. The molecule has 2 aliphatic rings. The maximum Gasteiger partial charge on any atom is 0.264 e. The molecule has 198 valence electrons. The van der Waals surface area contributed by atoms with E-state index in [1.54, 1.807) is 9.80 Å². The van der Waals surface area contributed by atoms with Gasteiger partial charge in [-0.3, -0.25) is 14.5 Å². The van der Waals surface area contributed by atoms with Crippen molar-refractivity contribution in [3.63, 3.8) is 0 Å². The summed E-state index contributed by atoms with van der Waals surface area (Å²) in [6, 6.07) is 24.4. The first-order valence-electron chi connectivity index (χ1n) is 13.0. The summed E-state index contributed by atoms with van der Waals surface area (Å²) in [7, 11) is 0. The van der Waals surface area contributed by atoms with Crippen LogP contribution in [0, 0.1) is 11.8 Å². The van der Waals surface area contributed by atoms with Gasteiger partial charge >= 0.3 is 0 Å². The lowest BCUT2D eigenvalue weighted by Crippen LogP contribution is -2.45. The van der Waals surface area contributed by atoms with E-state index in [2.05, 4.69) is 0 Å². The third-order valence-electron chi connectivity index (χ3n) is 7.98. The monoisotopic (exact) mass is 516 g/mol. The molecule has 1 saturated heterocycles. The fourth-order valence-corrected chi connectivity index (χ4v) is 6.36. The number of nitrogens with zero attached hydrogens (tertiary/aromatic N) is 2. The van der Waals surface area contributed by atoms with E-state index in [-0.39, 0.29) is 18.9 Å². The van der Waals surface area contributed by atoms with Gasteiger partial charge in [-0.1, -0.05) is 55.5 Å². The predicted molar refractivity (Wildman–Crippen MR) is 145 cm³/mol. The SMILES string of the molecule is C[C@H]1[C@H](C(C)(C)F)[C@@H](CCO)O[C@]12C(=O)N(Cc1ccc(N(C=O)c3ccccc3)cc1)c1ccccc12. The number of rotatable bonds is 8. The van der Waals surface area contributed by atoms with E-state index >= 15 is 4.39 Å². The van der Waals surface area contributed by atoms with Crippen LogP contribution < -0.4 is 9.80 Å². The largest absolute Gasteiger partial charge is 0.396 e. The molecule has 1 fully saturated rings. The van der Waals surface area contributed by atoms with Gasteiger partial charge in [0.15, 0.2) is 5.60 Å². The summed E-state index contributed by atoms with van der Waals surface area (Å²) in [6.07, 6.45) is 0.451. The molecule has 3 aromatic carbocycles. The van der Waals surface area contributed by atoms with Crippen LogP contribution in [0.5, 0.6) is 0 Å². The first-order chi connectivity index (χ1) is 18.2. The molecule has 7 heteroatoms. The molecule has 0 aliphatic carbocycles. The van der Waals surface area contributed by atoms with E-state index in [4.69, 9.17) is 4.74 Å². The molecule has 0 radical (unpaired) electrons. The molecule has 6 nitrogen and oxygen atoms in total. The Hall–Kier alpha value is -3.55. The smallest absolute Gasteiger partial charge is 0.264 e. The Balaban J connectivity index is 1.46. The Morgan fingerprint density at radius 2 is 1.66 bits per heavy atom. The van der Waals surface area contributed by atoms with Crippen molar-refractivity contribution in [2.75, 3.05) is 16.4 Å². The van der Waals surface area contributed by atoms with Crippen LogP contribution >= 0.6 is 0 Å². The van der Waals surface area contributed by atoms with Crippen molar-refractivity contribution in [2.45, 2.75) is 51.1 Å². The van der Waals surface area contributed by atoms with Gasteiger partial charge in [0, 0.05) is 35.4 Å². The topological polar surface area (TPSA) is 70.1 Å². The number of aliphatic hydroxyl groups excluding tert-OH is 1. The van der Waals surface area contributed by atoms with Gasteiger partial charge in [0.2, 0.25) is 6.41 Å². The van der Waals surface area contributed by atoms with Crippen LogP contribution in [-0.4, -0.2) is 35.8 Å².